The Labute approximate surface area is 201 Å². The van der Waals surface area contributed by atoms with Crippen LogP contribution in [0.25, 0.3) is 22.6 Å². The monoisotopic (exact) mass is 474 g/mol. The van der Waals surface area contributed by atoms with Crippen LogP contribution in [-0.4, -0.2) is 30.6 Å². The normalized spacial score (nSPS) is 14.1. The van der Waals surface area contributed by atoms with Crippen molar-refractivity contribution in [2.24, 2.45) is 7.05 Å². The second-order valence-electron chi connectivity index (χ2n) is 8.95. The fourth-order valence-electron chi connectivity index (χ4n) is 4.06. The summed E-state index contributed by atoms with van der Waals surface area (Å²) in [5.74, 6) is -0.0250. The van der Waals surface area contributed by atoms with Crippen molar-refractivity contribution in [3.8, 4) is 22.6 Å². The van der Waals surface area contributed by atoms with E-state index in [0.29, 0.717) is 23.0 Å². The van der Waals surface area contributed by atoms with Crippen LogP contribution < -0.4 is 5.32 Å². The first-order valence-corrected chi connectivity index (χ1v) is 11.4. The molecule has 9 heteroatoms. The van der Waals surface area contributed by atoms with Gasteiger partial charge in [-0.3, -0.25) is 14.8 Å². The van der Waals surface area contributed by atoms with Gasteiger partial charge in [0.25, 0.3) is 5.91 Å². The van der Waals surface area contributed by atoms with Gasteiger partial charge in [0.05, 0.1) is 23.6 Å². The molecular formula is C26H24F2N6O. The molecule has 0 bridgehead atoms. The lowest BCUT2D eigenvalue weighted by Gasteiger charge is -2.15. The first kappa shape index (κ1) is 22.8. The second-order valence-corrected chi connectivity index (χ2v) is 8.95. The number of carbonyl (C=O) groups excluding carboxylic acids is 1. The van der Waals surface area contributed by atoms with Crippen molar-refractivity contribution in [2.45, 2.75) is 38.6 Å². The molecule has 1 saturated carbocycles. The van der Waals surface area contributed by atoms with Crippen molar-refractivity contribution in [2.75, 3.05) is 0 Å². The van der Waals surface area contributed by atoms with E-state index in [9.17, 15) is 13.6 Å². The SMILES string of the molecule is Cc1ccc(-c2cc(C(=O)N[C@H](C)c3ncc(F)cc3F)cc(-c3nnc(C4CC4)n3C)c2)nc1. The third kappa shape index (κ3) is 4.66. The fourth-order valence-corrected chi connectivity index (χ4v) is 4.06. The molecular weight excluding hydrogens is 450 g/mol. The van der Waals surface area contributed by atoms with Crippen LogP contribution >= 0.6 is 0 Å². The Morgan fingerprint density at radius 2 is 1.83 bits per heavy atom. The number of pyridine rings is 2. The van der Waals surface area contributed by atoms with Crippen LogP contribution in [0, 0.1) is 18.6 Å². The molecule has 0 aliphatic heterocycles. The Kier molecular flexibility index (Phi) is 5.84. The van der Waals surface area contributed by atoms with Gasteiger partial charge in [0.1, 0.15) is 17.5 Å². The highest BCUT2D eigenvalue weighted by Gasteiger charge is 2.29. The molecule has 4 aromatic rings. The summed E-state index contributed by atoms with van der Waals surface area (Å²) in [6.45, 7) is 3.55. The van der Waals surface area contributed by atoms with Gasteiger partial charge in [0.15, 0.2) is 5.82 Å². The van der Waals surface area contributed by atoms with Gasteiger partial charge in [-0.25, -0.2) is 8.78 Å². The van der Waals surface area contributed by atoms with E-state index in [4.69, 9.17) is 0 Å². The molecule has 1 aliphatic carbocycles. The Bertz CT molecular complexity index is 1410. The third-order valence-electron chi connectivity index (χ3n) is 6.11. The summed E-state index contributed by atoms with van der Waals surface area (Å²) in [6.07, 6.45) is 4.88. The van der Waals surface area contributed by atoms with Crippen LogP contribution in [0.5, 0.6) is 0 Å². The molecule has 1 fully saturated rings. The minimum Gasteiger partial charge on any atom is -0.344 e. The number of carbonyl (C=O) groups is 1. The second kappa shape index (κ2) is 8.98. The first-order chi connectivity index (χ1) is 16.8. The predicted octanol–water partition coefficient (Wildman–Crippen LogP) is 4.89. The summed E-state index contributed by atoms with van der Waals surface area (Å²) in [5.41, 5.74) is 3.49. The van der Waals surface area contributed by atoms with E-state index in [1.165, 1.54) is 0 Å². The molecule has 0 saturated heterocycles. The van der Waals surface area contributed by atoms with Crippen LogP contribution in [0.1, 0.15) is 59.2 Å². The van der Waals surface area contributed by atoms with Crippen molar-refractivity contribution in [1.29, 1.82) is 0 Å². The highest BCUT2D eigenvalue weighted by Crippen LogP contribution is 2.40. The van der Waals surface area contributed by atoms with Crippen LogP contribution in [0.3, 0.4) is 0 Å². The van der Waals surface area contributed by atoms with Gasteiger partial charge in [-0.1, -0.05) is 6.07 Å². The summed E-state index contributed by atoms with van der Waals surface area (Å²) in [5, 5.41) is 11.5. The lowest BCUT2D eigenvalue weighted by atomic mass is 10.0. The lowest BCUT2D eigenvalue weighted by molar-refractivity contribution is 0.0938. The maximum absolute atomic E-state index is 14.2. The van der Waals surface area contributed by atoms with Gasteiger partial charge in [-0.15, -0.1) is 10.2 Å². The number of benzene rings is 1. The van der Waals surface area contributed by atoms with Gasteiger partial charge >= 0.3 is 0 Å². The summed E-state index contributed by atoms with van der Waals surface area (Å²) in [7, 11) is 1.92. The zero-order valence-corrected chi connectivity index (χ0v) is 19.6. The zero-order chi connectivity index (χ0) is 24.7. The smallest absolute Gasteiger partial charge is 0.251 e. The molecule has 1 aromatic carbocycles. The van der Waals surface area contributed by atoms with Gasteiger partial charge < -0.3 is 9.88 Å². The van der Waals surface area contributed by atoms with Crippen molar-refractivity contribution in [1.82, 2.24) is 30.0 Å². The topological polar surface area (TPSA) is 85.6 Å². The average molecular weight is 475 g/mol. The molecule has 1 atom stereocenters. The molecule has 1 aliphatic rings. The van der Waals surface area contributed by atoms with Gasteiger partial charge in [-0.2, -0.15) is 0 Å². The molecule has 5 rings (SSSR count). The molecule has 35 heavy (non-hydrogen) atoms. The standard InChI is InChI=1S/C26H24F2N6O/c1-14-4-7-22(29-12-14)17-8-18(25-33-32-24(34(25)3)16-5-6-16)10-19(9-17)26(35)31-15(2)23-21(28)11-20(27)13-30-23/h4,7-13,15-16H,5-6H2,1-3H3,(H,31,35)/t15-/m1/s1. The molecule has 3 aromatic heterocycles. The van der Waals surface area contributed by atoms with E-state index in [1.54, 1.807) is 25.3 Å². The number of halogens is 2. The van der Waals surface area contributed by atoms with Crippen LogP contribution in [0.15, 0.2) is 48.8 Å². The largest absolute Gasteiger partial charge is 0.344 e. The minimum absolute atomic E-state index is 0.0429. The van der Waals surface area contributed by atoms with Crippen molar-refractivity contribution >= 4 is 5.91 Å². The minimum atomic E-state index is -0.817. The molecule has 0 spiro atoms. The number of hydrogen-bond donors (Lipinski definition) is 1. The van der Waals surface area contributed by atoms with E-state index < -0.39 is 23.6 Å². The Morgan fingerprint density at radius 1 is 1.06 bits per heavy atom. The van der Waals surface area contributed by atoms with E-state index >= 15 is 0 Å². The van der Waals surface area contributed by atoms with E-state index in [1.807, 2.05) is 36.7 Å². The van der Waals surface area contributed by atoms with Gasteiger partial charge in [0.2, 0.25) is 0 Å². The Hall–Kier alpha value is -4.01. The number of nitrogens with zero attached hydrogens (tertiary/aromatic N) is 5. The highest BCUT2D eigenvalue weighted by atomic mass is 19.1. The molecule has 1 amide bonds. The van der Waals surface area contributed by atoms with Crippen molar-refractivity contribution in [3.63, 3.8) is 0 Å². The van der Waals surface area contributed by atoms with Crippen LogP contribution in [0.2, 0.25) is 0 Å². The van der Waals surface area contributed by atoms with Gasteiger partial charge in [-0.05, 0) is 56.5 Å². The molecule has 3 heterocycles. The molecule has 7 nitrogen and oxygen atoms in total. The number of nitrogens with one attached hydrogen (secondary N) is 1. The molecule has 178 valence electrons. The van der Waals surface area contributed by atoms with Crippen molar-refractivity contribution in [3.05, 3.63) is 83.1 Å². The van der Waals surface area contributed by atoms with Gasteiger partial charge in [0, 0.05) is 41.9 Å². The number of amides is 1. The molecule has 0 unspecified atom stereocenters. The summed E-state index contributed by atoms with van der Waals surface area (Å²) >= 11 is 0. The maximum Gasteiger partial charge on any atom is 0.251 e. The Balaban J connectivity index is 1.53. The van der Waals surface area contributed by atoms with Crippen LogP contribution in [-0.2, 0) is 7.05 Å². The van der Waals surface area contributed by atoms with E-state index in [0.717, 1.165) is 47.6 Å². The quantitative estimate of drug-likeness (QED) is 0.430. The molecule has 0 radical (unpaired) electrons. The van der Waals surface area contributed by atoms with Crippen LogP contribution in [0.4, 0.5) is 8.78 Å². The zero-order valence-electron chi connectivity index (χ0n) is 19.6. The number of aryl methyl sites for hydroxylation is 1. The summed E-state index contributed by atoms with van der Waals surface area (Å²) < 4.78 is 29.4. The van der Waals surface area contributed by atoms with Crippen molar-refractivity contribution < 1.29 is 13.6 Å². The maximum atomic E-state index is 14.2. The Morgan fingerprint density at radius 3 is 2.51 bits per heavy atom. The molecule has 1 N–H and O–H groups in total. The summed E-state index contributed by atoms with van der Waals surface area (Å²) in [6, 6.07) is 9.21. The first-order valence-electron chi connectivity index (χ1n) is 11.4. The average Bonchev–Trinajstić information content (AvgIpc) is 3.60. The number of rotatable bonds is 6. The van der Waals surface area contributed by atoms with E-state index in [-0.39, 0.29) is 5.69 Å². The highest BCUT2D eigenvalue weighted by molar-refractivity contribution is 5.97. The predicted molar refractivity (Wildman–Crippen MR) is 126 cm³/mol. The summed E-state index contributed by atoms with van der Waals surface area (Å²) in [4.78, 5) is 21.5. The third-order valence-corrected chi connectivity index (χ3v) is 6.11. The van der Waals surface area contributed by atoms with E-state index in [2.05, 4.69) is 25.5 Å². The number of hydrogen-bond acceptors (Lipinski definition) is 5. The number of aromatic nitrogens is 5. The fraction of sp³-hybridized carbons (Fsp3) is 0.269. The lowest BCUT2D eigenvalue weighted by Crippen LogP contribution is -2.28.